The lowest BCUT2D eigenvalue weighted by Gasteiger charge is -2.30. The van der Waals surface area contributed by atoms with Crippen molar-refractivity contribution < 1.29 is 23.9 Å². The molecule has 1 fully saturated rings. The van der Waals surface area contributed by atoms with E-state index in [0.717, 1.165) is 26.4 Å². The van der Waals surface area contributed by atoms with Crippen LogP contribution >= 0.6 is 0 Å². The van der Waals surface area contributed by atoms with Crippen molar-refractivity contribution in [3.8, 4) is 0 Å². The molecule has 1 aliphatic rings. The molecule has 25 heavy (non-hydrogen) atoms. The fraction of sp³-hybridized carbons (Fsp3) is 0.765. The van der Waals surface area contributed by atoms with Crippen molar-refractivity contribution in [3.63, 3.8) is 0 Å². The summed E-state index contributed by atoms with van der Waals surface area (Å²) in [4.78, 5) is 13.9. The number of likely N-dealkylation sites (N-methyl/N-ethyl adjacent to an activating group) is 1. The predicted octanol–water partition coefficient (Wildman–Crippen LogP) is 1.26. The van der Waals surface area contributed by atoms with Gasteiger partial charge in [-0.2, -0.15) is 0 Å². The minimum atomic E-state index is -0.653. The van der Waals surface area contributed by atoms with E-state index in [1.165, 1.54) is 0 Å². The molecule has 0 bridgehead atoms. The molecule has 0 aromatic carbocycles. The first kappa shape index (κ1) is 21.6. The minimum absolute atomic E-state index is 0.0455. The predicted molar refractivity (Wildman–Crippen MR) is 94.6 cm³/mol. The van der Waals surface area contributed by atoms with Gasteiger partial charge in [0.2, 0.25) is 11.8 Å². The molecule has 1 aromatic heterocycles. The number of carbonyl (C=O) groups is 1. The van der Waals surface area contributed by atoms with Crippen LogP contribution in [0.25, 0.3) is 0 Å². The smallest absolute Gasteiger partial charge is 0.246 e. The van der Waals surface area contributed by atoms with Crippen molar-refractivity contribution in [1.29, 1.82) is 0 Å². The maximum Gasteiger partial charge on any atom is 0.246 e. The van der Waals surface area contributed by atoms with Crippen molar-refractivity contribution >= 4 is 11.8 Å². The molecule has 0 unspecified atom stereocenters. The van der Waals surface area contributed by atoms with Crippen LogP contribution in [0.1, 0.15) is 33.4 Å². The number of amides is 1. The zero-order valence-corrected chi connectivity index (χ0v) is 16.1. The summed E-state index contributed by atoms with van der Waals surface area (Å²) in [7, 11) is 3.67. The van der Waals surface area contributed by atoms with Crippen molar-refractivity contribution in [2.24, 2.45) is 0 Å². The van der Waals surface area contributed by atoms with Gasteiger partial charge in [0.1, 0.15) is 0 Å². The number of hydrogen-bond donors (Lipinski definition) is 2. The van der Waals surface area contributed by atoms with Crippen LogP contribution in [0.5, 0.6) is 0 Å². The summed E-state index contributed by atoms with van der Waals surface area (Å²) < 4.78 is 15.0. The van der Waals surface area contributed by atoms with Crippen LogP contribution < -0.4 is 5.32 Å². The van der Waals surface area contributed by atoms with E-state index in [0.29, 0.717) is 5.69 Å². The quantitative estimate of drug-likeness (QED) is 0.819. The molecule has 0 spiro atoms. The van der Waals surface area contributed by atoms with Crippen LogP contribution in [0, 0.1) is 0 Å². The van der Waals surface area contributed by atoms with Gasteiger partial charge >= 0.3 is 0 Å². The summed E-state index contributed by atoms with van der Waals surface area (Å²) in [5, 5.41) is 15.8. The first-order valence-corrected chi connectivity index (χ1v) is 8.33. The van der Waals surface area contributed by atoms with E-state index in [-0.39, 0.29) is 18.4 Å². The van der Waals surface area contributed by atoms with Crippen LogP contribution in [0.3, 0.4) is 0 Å². The molecule has 8 nitrogen and oxygen atoms in total. The van der Waals surface area contributed by atoms with Crippen LogP contribution in [-0.4, -0.2) is 73.7 Å². The Balaban J connectivity index is 0.000000435. The number of nitrogens with zero attached hydrogens (tertiary/aromatic N) is 2. The van der Waals surface area contributed by atoms with Gasteiger partial charge in [-0.05, 0) is 27.9 Å². The van der Waals surface area contributed by atoms with Gasteiger partial charge in [-0.25, -0.2) is 0 Å². The molecule has 1 amide bonds. The van der Waals surface area contributed by atoms with Gasteiger partial charge in [-0.3, -0.25) is 15.0 Å². The Morgan fingerprint density at radius 3 is 2.12 bits per heavy atom. The summed E-state index contributed by atoms with van der Waals surface area (Å²) in [5.41, 5.74) is -0.545. The Morgan fingerprint density at radius 1 is 1.20 bits per heavy atom. The number of rotatable bonds is 5. The second-order valence-electron chi connectivity index (χ2n) is 7.25. The highest BCUT2D eigenvalue weighted by molar-refractivity contribution is 5.96. The molecule has 1 saturated heterocycles. The third-order valence-electron chi connectivity index (χ3n) is 4.25. The lowest BCUT2D eigenvalue weighted by atomic mass is 9.91. The first-order chi connectivity index (χ1) is 11.6. The second kappa shape index (κ2) is 9.28. The highest BCUT2D eigenvalue weighted by atomic mass is 16.6. The number of aromatic nitrogens is 1. The third-order valence-corrected chi connectivity index (χ3v) is 4.25. The van der Waals surface area contributed by atoms with Crippen LogP contribution in [0.4, 0.5) is 5.88 Å². The Labute approximate surface area is 149 Å². The number of carbonyl (C=O) groups excluding carboxylic acids is 1. The molecule has 2 heterocycles. The number of anilines is 1. The van der Waals surface area contributed by atoms with Gasteiger partial charge < -0.3 is 19.1 Å². The largest absolute Gasteiger partial charge is 0.395 e. The standard InChI is InChI=1S/C13H23N3O3.C4H8O2/c1-12(2,8-17)9-7-10(19-15-9)14-11(18)13(3,4)16(5)6;1-2-6-4-3-5-1/h7,17H,8H2,1-6H3,(H,14,18);1-4H2. The average Bonchev–Trinajstić information content (AvgIpc) is 3.06. The van der Waals surface area contributed by atoms with E-state index < -0.39 is 11.0 Å². The summed E-state index contributed by atoms with van der Waals surface area (Å²) in [6.45, 7) is 10.4. The van der Waals surface area contributed by atoms with E-state index in [2.05, 4.69) is 10.5 Å². The maximum absolute atomic E-state index is 12.1. The van der Waals surface area contributed by atoms with Gasteiger partial charge in [-0.1, -0.05) is 19.0 Å². The van der Waals surface area contributed by atoms with Crippen molar-refractivity contribution in [1.82, 2.24) is 10.1 Å². The normalized spacial score (nSPS) is 15.5. The molecule has 1 aromatic rings. The van der Waals surface area contributed by atoms with Crippen LogP contribution in [0.2, 0.25) is 0 Å². The highest BCUT2D eigenvalue weighted by Crippen LogP contribution is 2.24. The molecular formula is C17H31N3O5. The zero-order valence-electron chi connectivity index (χ0n) is 16.1. The molecule has 0 radical (unpaired) electrons. The van der Waals surface area contributed by atoms with Crippen LogP contribution in [0.15, 0.2) is 10.6 Å². The van der Waals surface area contributed by atoms with Crippen molar-refractivity contribution in [2.75, 3.05) is 52.4 Å². The minimum Gasteiger partial charge on any atom is -0.395 e. The molecule has 2 N–H and O–H groups in total. The molecule has 2 rings (SSSR count). The van der Waals surface area contributed by atoms with E-state index in [1.54, 1.807) is 6.07 Å². The topological polar surface area (TPSA) is 97.1 Å². The molecule has 0 atom stereocenters. The Bertz CT molecular complexity index is 525. The van der Waals surface area contributed by atoms with E-state index >= 15 is 0 Å². The Kier molecular flexibility index (Phi) is 8.01. The van der Waals surface area contributed by atoms with E-state index in [4.69, 9.17) is 14.0 Å². The SMILES string of the molecule is C1COCCO1.CN(C)C(C)(C)C(=O)Nc1cc(C(C)(C)CO)no1. The lowest BCUT2D eigenvalue weighted by Crippen LogP contribution is -2.48. The van der Waals surface area contributed by atoms with Crippen LogP contribution in [-0.2, 0) is 19.7 Å². The van der Waals surface area contributed by atoms with Gasteiger partial charge in [0.15, 0.2) is 0 Å². The number of nitrogens with one attached hydrogen (secondary N) is 1. The monoisotopic (exact) mass is 357 g/mol. The summed E-state index contributed by atoms with van der Waals surface area (Å²) >= 11 is 0. The molecule has 0 aliphatic carbocycles. The number of ether oxygens (including phenoxy) is 2. The van der Waals surface area contributed by atoms with Crippen molar-refractivity contribution in [2.45, 2.75) is 38.6 Å². The Hall–Kier alpha value is -1.48. The molecular weight excluding hydrogens is 326 g/mol. The number of hydrogen-bond acceptors (Lipinski definition) is 7. The number of aliphatic hydroxyl groups is 1. The van der Waals surface area contributed by atoms with Gasteiger partial charge in [0.25, 0.3) is 0 Å². The molecule has 0 saturated carbocycles. The summed E-state index contributed by atoms with van der Waals surface area (Å²) in [6, 6.07) is 1.64. The fourth-order valence-electron chi connectivity index (χ4n) is 1.64. The zero-order chi connectivity index (χ0) is 19.1. The average molecular weight is 357 g/mol. The first-order valence-electron chi connectivity index (χ1n) is 8.33. The fourth-order valence-corrected chi connectivity index (χ4v) is 1.64. The molecule has 1 aliphatic heterocycles. The van der Waals surface area contributed by atoms with Gasteiger partial charge in [-0.15, -0.1) is 0 Å². The lowest BCUT2D eigenvalue weighted by molar-refractivity contribution is -0.124. The summed E-state index contributed by atoms with van der Waals surface area (Å²) in [6.07, 6.45) is 0. The molecule has 8 heteroatoms. The van der Waals surface area contributed by atoms with E-state index in [1.807, 2.05) is 46.7 Å². The van der Waals surface area contributed by atoms with Crippen molar-refractivity contribution in [3.05, 3.63) is 11.8 Å². The highest BCUT2D eigenvalue weighted by Gasteiger charge is 2.31. The maximum atomic E-state index is 12.1. The van der Waals surface area contributed by atoms with Gasteiger partial charge in [0.05, 0.1) is 44.3 Å². The third kappa shape index (κ3) is 6.39. The number of aliphatic hydroxyl groups excluding tert-OH is 1. The molecule has 144 valence electrons. The Morgan fingerprint density at radius 2 is 1.72 bits per heavy atom. The van der Waals surface area contributed by atoms with Gasteiger partial charge in [0, 0.05) is 11.5 Å². The van der Waals surface area contributed by atoms with E-state index in [9.17, 15) is 9.90 Å². The second-order valence-corrected chi connectivity index (χ2v) is 7.25. The summed E-state index contributed by atoms with van der Waals surface area (Å²) in [5.74, 6) is 0.110.